The Hall–Kier alpha value is -2.39. The highest BCUT2D eigenvalue weighted by atomic mass is 32.2. The van der Waals surface area contributed by atoms with Gasteiger partial charge in [-0.3, -0.25) is 4.79 Å². The lowest BCUT2D eigenvalue weighted by Gasteiger charge is -2.43. The lowest BCUT2D eigenvalue weighted by atomic mass is 9.71. The normalized spacial score (nSPS) is 15.6. The number of amides is 1. The number of hydrogen-bond acceptors (Lipinski definition) is 3. The Bertz CT molecular complexity index is 1020. The first-order valence-electron chi connectivity index (χ1n) is 9.62. The molecule has 5 nitrogen and oxygen atoms in total. The molecule has 1 fully saturated rings. The molecule has 2 aromatic carbocycles. The topological polar surface area (TPSA) is 66.5 Å². The Labute approximate surface area is 173 Å². The van der Waals surface area contributed by atoms with E-state index in [0.29, 0.717) is 12.8 Å². The van der Waals surface area contributed by atoms with Crippen LogP contribution < -0.4 is 5.32 Å². The van der Waals surface area contributed by atoms with Gasteiger partial charge in [-0.1, -0.05) is 6.07 Å². The Morgan fingerprint density at radius 2 is 1.70 bits per heavy atom. The van der Waals surface area contributed by atoms with Crippen LogP contribution in [0.2, 0.25) is 0 Å². The van der Waals surface area contributed by atoms with Gasteiger partial charge in [0.2, 0.25) is 15.9 Å². The lowest BCUT2D eigenvalue weighted by Crippen LogP contribution is -2.51. The number of halogens is 3. The third-order valence-corrected chi connectivity index (χ3v) is 7.30. The van der Waals surface area contributed by atoms with E-state index >= 15 is 0 Å². The van der Waals surface area contributed by atoms with Crippen molar-refractivity contribution in [1.82, 2.24) is 9.62 Å². The van der Waals surface area contributed by atoms with Gasteiger partial charge in [0, 0.05) is 31.6 Å². The second-order valence-corrected chi connectivity index (χ2v) is 9.54. The molecule has 2 aromatic rings. The molecule has 1 aliphatic rings. The van der Waals surface area contributed by atoms with Crippen LogP contribution in [-0.4, -0.2) is 32.2 Å². The van der Waals surface area contributed by atoms with Crippen LogP contribution >= 0.6 is 0 Å². The summed E-state index contributed by atoms with van der Waals surface area (Å²) in [7, 11) is -2.40. The molecule has 162 valence electrons. The van der Waals surface area contributed by atoms with Crippen LogP contribution in [0.4, 0.5) is 13.2 Å². The minimum absolute atomic E-state index is 0.0314. The molecule has 30 heavy (non-hydrogen) atoms. The smallest absolute Gasteiger partial charge is 0.242 e. The van der Waals surface area contributed by atoms with Gasteiger partial charge in [0.1, 0.15) is 17.5 Å². The zero-order valence-corrected chi connectivity index (χ0v) is 17.3. The highest BCUT2D eigenvalue weighted by molar-refractivity contribution is 7.89. The standard InChI is InChI=1S/C21H23F3N2O3S/c1-26(30(28,29)17-8-5-15(22)6-9-17)13-2-4-20(27)25-21(11-3-12-21)18-10-7-16(23)14-19(18)24/h5-10,14H,2-4,11-13H2,1H3,(H,25,27). The van der Waals surface area contributed by atoms with Crippen LogP contribution in [0.25, 0.3) is 0 Å². The first-order chi connectivity index (χ1) is 14.1. The molecule has 0 unspecified atom stereocenters. The Morgan fingerprint density at radius 1 is 1.07 bits per heavy atom. The van der Waals surface area contributed by atoms with Crippen LogP contribution in [0.15, 0.2) is 47.4 Å². The Kier molecular flexibility index (Phi) is 6.52. The second-order valence-electron chi connectivity index (χ2n) is 7.49. The summed E-state index contributed by atoms with van der Waals surface area (Å²) in [5.41, 5.74) is -0.583. The van der Waals surface area contributed by atoms with Gasteiger partial charge in [0.25, 0.3) is 0 Å². The maximum Gasteiger partial charge on any atom is 0.242 e. The summed E-state index contributed by atoms with van der Waals surface area (Å²) >= 11 is 0. The minimum Gasteiger partial charge on any atom is -0.346 e. The summed E-state index contributed by atoms with van der Waals surface area (Å²) < 4.78 is 66.5. The van der Waals surface area contributed by atoms with Gasteiger partial charge < -0.3 is 5.32 Å². The molecule has 9 heteroatoms. The van der Waals surface area contributed by atoms with Crippen LogP contribution in [0.5, 0.6) is 0 Å². The first-order valence-corrected chi connectivity index (χ1v) is 11.1. The summed E-state index contributed by atoms with van der Waals surface area (Å²) in [5.74, 6) is -2.23. The predicted molar refractivity (Wildman–Crippen MR) is 105 cm³/mol. The van der Waals surface area contributed by atoms with Crippen molar-refractivity contribution in [3.63, 3.8) is 0 Å². The molecular weight excluding hydrogens is 417 g/mol. The lowest BCUT2D eigenvalue weighted by molar-refractivity contribution is -0.124. The van der Waals surface area contributed by atoms with Crippen LogP contribution in [0.1, 0.15) is 37.7 Å². The van der Waals surface area contributed by atoms with Gasteiger partial charge in [-0.25, -0.2) is 25.9 Å². The van der Waals surface area contributed by atoms with Gasteiger partial charge >= 0.3 is 0 Å². The first kappa shape index (κ1) is 22.3. The van der Waals surface area contributed by atoms with E-state index in [0.717, 1.165) is 28.9 Å². The van der Waals surface area contributed by atoms with E-state index in [4.69, 9.17) is 0 Å². The molecule has 0 bridgehead atoms. The van der Waals surface area contributed by atoms with Crippen molar-refractivity contribution in [2.24, 2.45) is 0 Å². The summed E-state index contributed by atoms with van der Waals surface area (Å²) in [6.45, 7) is 0.0883. The molecule has 0 spiro atoms. The summed E-state index contributed by atoms with van der Waals surface area (Å²) in [6, 6.07) is 7.84. The fraction of sp³-hybridized carbons (Fsp3) is 0.381. The predicted octanol–water partition coefficient (Wildman–Crippen LogP) is 3.70. The number of rotatable bonds is 8. The molecule has 0 atom stereocenters. The van der Waals surface area contributed by atoms with Crippen molar-refractivity contribution in [1.29, 1.82) is 0 Å². The SMILES string of the molecule is CN(CCCC(=O)NC1(c2ccc(F)cc2F)CCC1)S(=O)(=O)c1ccc(F)cc1. The molecular formula is C21H23F3N2O3S. The minimum atomic E-state index is -3.79. The Balaban J connectivity index is 1.57. The molecule has 1 aliphatic carbocycles. The summed E-state index contributed by atoms with van der Waals surface area (Å²) in [5, 5.41) is 2.85. The Morgan fingerprint density at radius 3 is 2.27 bits per heavy atom. The average molecular weight is 440 g/mol. The number of carbonyl (C=O) groups is 1. The van der Waals surface area contributed by atoms with Gasteiger partial charge in [-0.15, -0.1) is 0 Å². The van der Waals surface area contributed by atoms with Crippen molar-refractivity contribution >= 4 is 15.9 Å². The molecule has 0 aromatic heterocycles. The molecule has 0 saturated heterocycles. The highest BCUT2D eigenvalue weighted by Gasteiger charge is 2.41. The number of nitrogens with one attached hydrogen (secondary N) is 1. The molecule has 0 aliphatic heterocycles. The number of sulfonamides is 1. The van der Waals surface area contributed by atoms with Crippen molar-refractivity contribution in [3.05, 3.63) is 65.5 Å². The number of nitrogens with zero attached hydrogens (tertiary/aromatic N) is 1. The average Bonchev–Trinajstić information content (AvgIpc) is 2.65. The molecule has 1 saturated carbocycles. The fourth-order valence-corrected chi connectivity index (χ4v) is 4.78. The maximum atomic E-state index is 14.2. The third-order valence-electron chi connectivity index (χ3n) is 5.43. The van der Waals surface area contributed by atoms with E-state index < -0.39 is 33.0 Å². The van der Waals surface area contributed by atoms with Crippen molar-refractivity contribution in [2.75, 3.05) is 13.6 Å². The zero-order valence-electron chi connectivity index (χ0n) is 16.5. The maximum absolute atomic E-state index is 14.2. The van der Waals surface area contributed by atoms with Gasteiger partial charge in [0.05, 0.1) is 10.4 Å². The van der Waals surface area contributed by atoms with E-state index in [1.54, 1.807) is 0 Å². The largest absolute Gasteiger partial charge is 0.346 e. The number of carbonyl (C=O) groups excluding carboxylic acids is 1. The van der Waals surface area contributed by atoms with Crippen molar-refractivity contribution in [3.8, 4) is 0 Å². The van der Waals surface area contributed by atoms with Crippen molar-refractivity contribution < 1.29 is 26.4 Å². The van der Waals surface area contributed by atoms with Crippen LogP contribution in [0, 0.1) is 17.5 Å². The molecule has 3 rings (SSSR count). The van der Waals surface area contributed by atoms with E-state index in [9.17, 15) is 26.4 Å². The van der Waals surface area contributed by atoms with Crippen LogP contribution in [-0.2, 0) is 20.4 Å². The van der Waals surface area contributed by atoms with Gasteiger partial charge in [0.15, 0.2) is 0 Å². The quantitative estimate of drug-likeness (QED) is 0.681. The molecule has 1 amide bonds. The third kappa shape index (κ3) is 4.67. The van der Waals surface area contributed by atoms with Gasteiger partial charge in [-0.2, -0.15) is 0 Å². The number of hydrogen-bond donors (Lipinski definition) is 1. The van der Waals surface area contributed by atoms with E-state index in [-0.39, 0.29) is 35.8 Å². The monoisotopic (exact) mass is 440 g/mol. The van der Waals surface area contributed by atoms with Crippen LogP contribution in [0.3, 0.4) is 0 Å². The molecule has 0 radical (unpaired) electrons. The second kappa shape index (κ2) is 8.77. The molecule has 1 N–H and O–H groups in total. The van der Waals surface area contributed by atoms with E-state index in [2.05, 4.69) is 5.32 Å². The number of benzene rings is 2. The van der Waals surface area contributed by atoms with Gasteiger partial charge in [-0.05, 0) is 56.0 Å². The highest BCUT2D eigenvalue weighted by Crippen LogP contribution is 2.42. The van der Waals surface area contributed by atoms with Crippen molar-refractivity contribution in [2.45, 2.75) is 42.5 Å². The summed E-state index contributed by atoms with van der Waals surface area (Å²) in [6.07, 6.45) is 2.23. The van der Waals surface area contributed by atoms with E-state index in [1.165, 1.54) is 31.3 Å². The molecule has 0 heterocycles. The van der Waals surface area contributed by atoms with E-state index in [1.807, 2.05) is 0 Å². The zero-order chi connectivity index (χ0) is 21.9. The summed E-state index contributed by atoms with van der Waals surface area (Å²) in [4.78, 5) is 12.4. The fourth-order valence-electron chi connectivity index (χ4n) is 3.57.